The lowest BCUT2D eigenvalue weighted by Gasteiger charge is -2.64. The van der Waals surface area contributed by atoms with Gasteiger partial charge >= 0.3 is 0 Å². The molecule has 0 aliphatic heterocycles. The van der Waals surface area contributed by atoms with Crippen LogP contribution in [0.1, 0.15) is 69.5 Å². The van der Waals surface area contributed by atoms with Gasteiger partial charge in [-0.25, -0.2) is 9.97 Å². The highest BCUT2D eigenvalue weighted by Gasteiger charge is 2.61. The van der Waals surface area contributed by atoms with Crippen molar-refractivity contribution in [2.75, 3.05) is 0 Å². The maximum atomic E-state index is 6.38. The van der Waals surface area contributed by atoms with E-state index in [1.165, 1.54) is 38.5 Å². The molecule has 0 radical (unpaired) electrons. The fourth-order valence-corrected chi connectivity index (χ4v) is 6.74. The van der Waals surface area contributed by atoms with Gasteiger partial charge in [-0.2, -0.15) is 0 Å². The lowest BCUT2D eigenvalue weighted by Crippen LogP contribution is -2.57. The SMILES string of the molecule is Cc1nc(C23CC4CC(C)(CC(C)(C4)C2)C3)nc(Cl)c1C. The van der Waals surface area contributed by atoms with Gasteiger partial charge in [0, 0.05) is 16.7 Å². The highest BCUT2D eigenvalue weighted by molar-refractivity contribution is 6.30. The van der Waals surface area contributed by atoms with E-state index >= 15 is 0 Å². The summed E-state index contributed by atoms with van der Waals surface area (Å²) in [6, 6.07) is 0. The van der Waals surface area contributed by atoms with Crippen molar-refractivity contribution >= 4 is 11.6 Å². The quantitative estimate of drug-likeness (QED) is 0.683. The minimum Gasteiger partial charge on any atom is -0.237 e. The first-order chi connectivity index (χ1) is 9.73. The van der Waals surface area contributed by atoms with Crippen molar-refractivity contribution in [2.24, 2.45) is 16.7 Å². The van der Waals surface area contributed by atoms with Crippen molar-refractivity contribution in [2.45, 2.75) is 71.6 Å². The summed E-state index contributed by atoms with van der Waals surface area (Å²) in [7, 11) is 0. The Morgan fingerprint density at radius 3 is 2.10 bits per heavy atom. The number of hydrogen-bond donors (Lipinski definition) is 0. The van der Waals surface area contributed by atoms with Gasteiger partial charge in [0.1, 0.15) is 11.0 Å². The zero-order valence-corrected chi connectivity index (χ0v) is 14.3. The van der Waals surface area contributed by atoms with Crippen LogP contribution in [0.5, 0.6) is 0 Å². The molecule has 5 rings (SSSR count). The molecule has 4 bridgehead atoms. The van der Waals surface area contributed by atoms with Crippen LogP contribution in [0.3, 0.4) is 0 Å². The number of aromatic nitrogens is 2. The van der Waals surface area contributed by atoms with E-state index in [0.717, 1.165) is 23.0 Å². The lowest BCUT2D eigenvalue weighted by molar-refractivity contribution is -0.112. The normalized spacial score (nSPS) is 44.3. The minimum atomic E-state index is 0.186. The molecule has 1 aromatic heterocycles. The van der Waals surface area contributed by atoms with Gasteiger partial charge in [0.05, 0.1) is 0 Å². The third kappa shape index (κ3) is 1.98. The maximum Gasteiger partial charge on any atom is 0.136 e. The largest absolute Gasteiger partial charge is 0.237 e. The summed E-state index contributed by atoms with van der Waals surface area (Å²) < 4.78 is 0. The fraction of sp³-hybridized carbons (Fsp3) is 0.778. The average molecular weight is 305 g/mol. The summed E-state index contributed by atoms with van der Waals surface area (Å²) in [4.78, 5) is 9.63. The Labute approximate surface area is 132 Å². The molecule has 0 amide bonds. The number of nitrogens with zero attached hydrogens (tertiary/aromatic N) is 2. The van der Waals surface area contributed by atoms with Crippen LogP contribution in [0.15, 0.2) is 0 Å². The molecule has 4 aliphatic rings. The molecule has 114 valence electrons. The van der Waals surface area contributed by atoms with Crippen LogP contribution in [0, 0.1) is 30.6 Å². The smallest absolute Gasteiger partial charge is 0.136 e. The van der Waals surface area contributed by atoms with Crippen molar-refractivity contribution in [3.8, 4) is 0 Å². The Morgan fingerprint density at radius 2 is 1.57 bits per heavy atom. The van der Waals surface area contributed by atoms with Crippen LogP contribution in [0.4, 0.5) is 0 Å². The lowest BCUT2D eigenvalue weighted by atomic mass is 9.40. The zero-order valence-electron chi connectivity index (χ0n) is 13.6. The first kappa shape index (κ1) is 14.0. The Bertz CT molecular complexity index is 583. The Morgan fingerprint density at radius 1 is 0.952 bits per heavy atom. The van der Waals surface area contributed by atoms with Crippen LogP contribution >= 0.6 is 11.6 Å². The van der Waals surface area contributed by atoms with Crippen LogP contribution < -0.4 is 0 Å². The molecule has 4 aliphatic carbocycles. The highest BCUT2D eigenvalue weighted by Crippen LogP contribution is 2.69. The van der Waals surface area contributed by atoms with E-state index in [-0.39, 0.29) is 5.41 Å². The third-order valence-corrected chi connectivity index (χ3v) is 6.80. The van der Waals surface area contributed by atoms with Gasteiger partial charge in [0.25, 0.3) is 0 Å². The monoisotopic (exact) mass is 304 g/mol. The summed E-state index contributed by atoms with van der Waals surface area (Å²) in [5.74, 6) is 1.90. The van der Waals surface area contributed by atoms with Crippen molar-refractivity contribution in [3.05, 3.63) is 22.2 Å². The molecule has 0 N–H and O–H groups in total. The average Bonchev–Trinajstić information content (AvgIpc) is 2.30. The molecule has 3 heteroatoms. The van der Waals surface area contributed by atoms with Crippen LogP contribution in [0.2, 0.25) is 5.15 Å². The number of aryl methyl sites for hydroxylation is 1. The first-order valence-electron chi connectivity index (χ1n) is 8.24. The van der Waals surface area contributed by atoms with Gasteiger partial charge in [-0.15, -0.1) is 0 Å². The van der Waals surface area contributed by atoms with Gasteiger partial charge in [-0.05, 0) is 69.1 Å². The fourth-order valence-electron chi connectivity index (χ4n) is 6.53. The molecular weight excluding hydrogens is 280 g/mol. The van der Waals surface area contributed by atoms with E-state index in [1.54, 1.807) is 0 Å². The molecule has 2 nitrogen and oxygen atoms in total. The molecule has 4 saturated carbocycles. The summed E-state index contributed by atoms with van der Waals surface area (Å²) in [6.45, 7) is 9.07. The molecule has 0 saturated heterocycles. The van der Waals surface area contributed by atoms with Crippen molar-refractivity contribution in [1.29, 1.82) is 0 Å². The Hall–Kier alpha value is -0.630. The summed E-state index contributed by atoms with van der Waals surface area (Å²) >= 11 is 6.38. The molecule has 2 unspecified atom stereocenters. The molecule has 0 spiro atoms. The van der Waals surface area contributed by atoms with Gasteiger partial charge in [0.15, 0.2) is 0 Å². The number of rotatable bonds is 1. The van der Waals surface area contributed by atoms with Gasteiger partial charge < -0.3 is 0 Å². The van der Waals surface area contributed by atoms with E-state index in [4.69, 9.17) is 21.6 Å². The molecule has 1 heterocycles. The minimum absolute atomic E-state index is 0.186. The van der Waals surface area contributed by atoms with Crippen molar-refractivity contribution < 1.29 is 0 Å². The molecule has 1 aromatic rings. The molecule has 4 fully saturated rings. The zero-order chi connectivity index (χ0) is 15.0. The van der Waals surface area contributed by atoms with Gasteiger partial charge in [0.2, 0.25) is 0 Å². The van der Waals surface area contributed by atoms with E-state index < -0.39 is 0 Å². The van der Waals surface area contributed by atoms with Crippen LogP contribution in [-0.2, 0) is 5.41 Å². The molecule has 21 heavy (non-hydrogen) atoms. The van der Waals surface area contributed by atoms with Crippen molar-refractivity contribution in [1.82, 2.24) is 9.97 Å². The second-order valence-electron chi connectivity index (χ2n) is 8.96. The van der Waals surface area contributed by atoms with Crippen molar-refractivity contribution in [3.63, 3.8) is 0 Å². The Balaban J connectivity index is 1.84. The third-order valence-electron chi connectivity index (χ3n) is 6.43. The van der Waals surface area contributed by atoms with E-state index in [2.05, 4.69) is 20.8 Å². The van der Waals surface area contributed by atoms with E-state index in [0.29, 0.717) is 16.0 Å². The highest BCUT2D eigenvalue weighted by atomic mass is 35.5. The summed E-state index contributed by atoms with van der Waals surface area (Å²) in [6.07, 6.45) is 7.98. The predicted molar refractivity (Wildman–Crippen MR) is 85.6 cm³/mol. The summed E-state index contributed by atoms with van der Waals surface area (Å²) in [5, 5.41) is 0.656. The first-order valence-corrected chi connectivity index (χ1v) is 8.62. The standard InChI is InChI=1S/C18H25ClN2/c1-11-12(2)20-15(21-14(11)19)18-7-13-5-16(3,9-18)8-17(4,6-13)10-18/h13H,5-10H2,1-4H3. The van der Waals surface area contributed by atoms with E-state index in [1.807, 2.05) is 6.92 Å². The second-order valence-corrected chi connectivity index (χ2v) is 9.32. The molecule has 2 atom stereocenters. The van der Waals surface area contributed by atoms with E-state index in [9.17, 15) is 0 Å². The summed E-state index contributed by atoms with van der Waals surface area (Å²) in [5.41, 5.74) is 3.25. The topological polar surface area (TPSA) is 25.8 Å². The van der Waals surface area contributed by atoms with Crippen LogP contribution in [0.25, 0.3) is 0 Å². The Kier molecular flexibility index (Phi) is 2.67. The molecular formula is C18H25ClN2. The second kappa shape index (κ2) is 4.01. The van der Waals surface area contributed by atoms with Gasteiger partial charge in [-0.3, -0.25) is 0 Å². The van der Waals surface area contributed by atoms with Gasteiger partial charge in [-0.1, -0.05) is 25.4 Å². The molecule has 0 aromatic carbocycles. The number of hydrogen-bond acceptors (Lipinski definition) is 2. The maximum absolute atomic E-state index is 6.38. The predicted octanol–water partition coefficient (Wildman–Crippen LogP) is 4.99. The number of halogens is 1. The van der Waals surface area contributed by atoms with Crippen LogP contribution in [-0.4, -0.2) is 9.97 Å².